The molecule has 0 aliphatic carbocycles. The molecule has 0 N–H and O–H groups in total. The highest BCUT2D eigenvalue weighted by Gasteiger charge is 2.26. The molecule has 4 rings (SSSR count). The number of aromatic nitrogens is 1. The summed E-state index contributed by atoms with van der Waals surface area (Å²) < 4.78 is 5.72. The topological polar surface area (TPSA) is 48.9 Å². The first-order valence-corrected chi connectivity index (χ1v) is 12.6. The average molecular weight is 491 g/mol. The largest absolute Gasteiger partial charge is 0.492 e. The van der Waals surface area contributed by atoms with Crippen molar-refractivity contribution in [2.45, 2.75) is 25.7 Å². The minimum Gasteiger partial charge on any atom is -0.492 e. The quantitative estimate of drug-likeness (QED) is 0.505. The highest BCUT2D eigenvalue weighted by molar-refractivity contribution is 6.42. The summed E-state index contributed by atoms with van der Waals surface area (Å²) in [5, 5.41) is 0.896. The van der Waals surface area contributed by atoms with Gasteiger partial charge in [-0.05, 0) is 49.4 Å². The molecule has 0 saturated carbocycles. The molecule has 1 unspecified atom stereocenters. The summed E-state index contributed by atoms with van der Waals surface area (Å²) in [6, 6.07) is 11.4. The third-order valence-corrected chi connectivity index (χ3v) is 7.24. The molecule has 2 fully saturated rings. The minimum absolute atomic E-state index is 0.223. The Balaban J connectivity index is 1.16. The minimum atomic E-state index is 0.223. The Labute approximate surface area is 206 Å². The normalized spacial score (nSPS) is 19.5. The van der Waals surface area contributed by atoms with E-state index in [0.717, 1.165) is 58.1 Å². The molecule has 8 heteroatoms. The van der Waals surface area contributed by atoms with Crippen molar-refractivity contribution in [1.29, 1.82) is 0 Å². The van der Waals surface area contributed by atoms with E-state index in [0.29, 0.717) is 41.2 Å². The first kappa shape index (κ1) is 24.1. The van der Waals surface area contributed by atoms with Gasteiger partial charge in [-0.3, -0.25) is 9.69 Å². The lowest BCUT2D eigenvalue weighted by Crippen LogP contribution is -2.50. The Bertz CT molecular complexity index is 907. The van der Waals surface area contributed by atoms with E-state index in [1.54, 1.807) is 18.2 Å². The molecule has 0 spiro atoms. The molecule has 1 amide bonds. The summed E-state index contributed by atoms with van der Waals surface area (Å²) in [7, 11) is 0. The third-order valence-electron chi connectivity index (χ3n) is 6.44. The molecule has 1 atom stereocenters. The Morgan fingerprint density at radius 2 is 1.91 bits per heavy atom. The maximum absolute atomic E-state index is 12.8. The number of ether oxygens (including phenoxy) is 1. The molecule has 2 aromatic rings. The first-order chi connectivity index (χ1) is 16.1. The maximum atomic E-state index is 12.8. The summed E-state index contributed by atoms with van der Waals surface area (Å²) in [6.07, 6.45) is 5.29. The first-order valence-electron chi connectivity index (χ1n) is 11.8. The summed E-state index contributed by atoms with van der Waals surface area (Å²) >= 11 is 12.2. The van der Waals surface area contributed by atoms with Crippen LogP contribution < -0.4 is 9.64 Å². The Kier molecular flexibility index (Phi) is 8.70. The van der Waals surface area contributed by atoms with Gasteiger partial charge in [-0.15, -0.1) is 0 Å². The molecule has 0 bridgehead atoms. The molecule has 2 aliphatic heterocycles. The van der Waals surface area contributed by atoms with Crippen LogP contribution in [-0.2, 0) is 4.79 Å². The molecule has 2 saturated heterocycles. The van der Waals surface area contributed by atoms with E-state index >= 15 is 0 Å². The Morgan fingerprint density at radius 3 is 2.70 bits per heavy atom. The number of carbonyl (C=O) groups excluding carboxylic acids is 1. The van der Waals surface area contributed by atoms with Crippen LogP contribution in [0.5, 0.6) is 5.75 Å². The van der Waals surface area contributed by atoms with Crippen LogP contribution in [0, 0.1) is 5.92 Å². The van der Waals surface area contributed by atoms with Crippen molar-refractivity contribution in [2.24, 2.45) is 5.92 Å². The molecular formula is C25H32Cl2N4O2. The standard InChI is InChI=1S/C25H32Cl2N4O2/c26-21-7-3-8-22(25(21)27)33-17-5-10-24(32)31-12-4-6-20(19-31)18-29-13-15-30(16-14-29)23-9-1-2-11-28-23/h1-3,7-9,11,20H,4-6,10,12-19H2. The van der Waals surface area contributed by atoms with Gasteiger partial charge in [0.2, 0.25) is 5.91 Å². The summed E-state index contributed by atoms with van der Waals surface area (Å²) in [4.78, 5) is 24.2. The van der Waals surface area contributed by atoms with Gasteiger partial charge in [-0.25, -0.2) is 4.98 Å². The molecule has 2 aliphatic rings. The van der Waals surface area contributed by atoms with Crippen LogP contribution in [-0.4, -0.2) is 73.1 Å². The summed E-state index contributed by atoms with van der Waals surface area (Å²) in [6.45, 7) is 7.34. The predicted molar refractivity (Wildman–Crippen MR) is 133 cm³/mol. The van der Waals surface area contributed by atoms with Gasteiger partial charge in [0.15, 0.2) is 0 Å². The Hall–Kier alpha value is -2.02. The second-order valence-corrected chi connectivity index (χ2v) is 9.61. The highest BCUT2D eigenvalue weighted by Crippen LogP contribution is 2.31. The fourth-order valence-electron chi connectivity index (χ4n) is 4.67. The van der Waals surface area contributed by atoms with Crippen LogP contribution in [0.4, 0.5) is 5.82 Å². The van der Waals surface area contributed by atoms with E-state index in [1.807, 2.05) is 23.2 Å². The van der Waals surface area contributed by atoms with Crippen molar-refractivity contribution >= 4 is 34.9 Å². The number of nitrogens with zero attached hydrogens (tertiary/aromatic N) is 4. The number of halogens is 2. The number of amides is 1. The number of pyridine rings is 1. The van der Waals surface area contributed by atoms with Crippen molar-refractivity contribution in [3.05, 3.63) is 52.6 Å². The van der Waals surface area contributed by atoms with E-state index in [1.165, 1.54) is 6.42 Å². The number of rotatable bonds is 8. The number of hydrogen-bond donors (Lipinski definition) is 0. The SMILES string of the molecule is O=C(CCCOc1cccc(Cl)c1Cl)N1CCCC(CN2CCN(c3ccccn3)CC2)C1. The smallest absolute Gasteiger partial charge is 0.222 e. The molecule has 178 valence electrons. The van der Waals surface area contributed by atoms with Gasteiger partial charge >= 0.3 is 0 Å². The van der Waals surface area contributed by atoms with E-state index in [2.05, 4.69) is 20.9 Å². The fourth-order valence-corrected chi connectivity index (χ4v) is 5.01. The van der Waals surface area contributed by atoms with Gasteiger partial charge in [0.05, 0.1) is 11.6 Å². The molecule has 6 nitrogen and oxygen atoms in total. The van der Waals surface area contributed by atoms with E-state index in [9.17, 15) is 4.79 Å². The lowest BCUT2D eigenvalue weighted by molar-refractivity contribution is -0.133. The van der Waals surface area contributed by atoms with Gasteiger partial charge in [-0.2, -0.15) is 0 Å². The molecule has 1 aromatic carbocycles. The third kappa shape index (κ3) is 6.75. The molecule has 3 heterocycles. The van der Waals surface area contributed by atoms with Crippen LogP contribution in [0.3, 0.4) is 0 Å². The van der Waals surface area contributed by atoms with Gasteiger partial charge in [0.1, 0.15) is 16.6 Å². The van der Waals surface area contributed by atoms with Crippen LogP contribution in [0.25, 0.3) is 0 Å². The second kappa shape index (κ2) is 11.9. The fraction of sp³-hybridized carbons (Fsp3) is 0.520. The van der Waals surface area contributed by atoms with Gasteiger partial charge in [-0.1, -0.05) is 35.3 Å². The monoisotopic (exact) mass is 490 g/mol. The van der Waals surface area contributed by atoms with Crippen molar-refractivity contribution in [1.82, 2.24) is 14.8 Å². The van der Waals surface area contributed by atoms with Crippen molar-refractivity contribution < 1.29 is 9.53 Å². The number of benzene rings is 1. The zero-order valence-electron chi connectivity index (χ0n) is 19.0. The zero-order chi connectivity index (χ0) is 23.0. The highest BCUT2D eigenvalue weighted by atomic mass is 35.5. The van der Waals surface area contributed by atoms with Crippen molar-refractivity contribution in [3.63, 3.8) is 0 Å². The number of anilines is 1. The lowest BCUT2D eigenvalue weighted by Gasteiger charge is -2.39. The van der Waals surface area contributed by atoms with Crippen LogP contribution in [0.2, 0.25) is 10.0 Å². The van der Waals surface area contributed by atoms with Crippen molar-refractivity contribution in [2.75, 3.05) is 57.3 Å². The number of hydrogen-bond acceptors (Lipinski definition) is 5. The number of piperazine rings is 1. The van der Waals surface area contributed by atoms with Gasteiger partial charge < -0.3 is 14.5 Å². The molecule has 1 aromatic heterocycles. The number of piperidine rings is 1. The van der Waals surface area contributed by atoms with Crippen LogP contribution in [0.15, 0.2) is 42.6 Å². The number of likely N-dealkylation sites (tertiary alicyclic amines) is 1. The average Bonchev–Trinajstić information content (AvgIpc) is 2.85. The summed E-state index contributed by atoms with van der Waals surface area (Å²) in [5.41, 5.74) is 0. The second-order valence-electron chi connectivity index (χ2n) is 8.83. The maximum Gasteiger partial charge on any atom is 0.222 e. The lowest BCUT2D eigenvalue weighted by atomic mass is 9.96. The predicted octanol–water partition coefficient (Wildman–Crippen LogP) is 4.61. The number of carbonyl (C=O) groups is 1. The molecule has 33 heavy (non-hydrogen) atoms. The molecule has 0 radical (unpaired) electrons. The van der Waals surface area contributed by atoms with Crippen LogP contribution >= 0.6 is 23.2 Å². The van der Waals surface area contributed by atoms with Gasteiger partial charge in [0, 0.05) is 58.4 Å². The van der Waals surface area contributed by atoms with Gasteiger partial charge in [0.25, 0.3) is 0 Å². The van der Waals surface area contributed by atoms with Crippen molar-refractivity contribution in [3.8, 4) is 5.75 Å². The summed E-state index contributed by atoms with van der Waals surface area (Å²) in [5.74, 6) is 2.40. The zero-order valence-corrected chi connectivity index (χ0v) is 20.5. The van der Waals surface area contributed by atoms with E-state index in [-0.39, 0.29) is 5.91 Å². The Morgan fingerprint density at radius 1 is 1.06 bits per heavy atom. The molecular weight excluding hydrogens is 459 g/mol. The van der Waals surface area contributed by atoms with E-state index in [4.69, 9.17) is 27.9 Å². The van der Waals surface area contributed by atoms with E-state index < -0.39 is 0 Å². The van der Waals surface area contributed by atoms with Crippen LogP contribution in [0.1, 0.15) is 25.7 Å².